The van der Waals surface area contributed by atoms with Gasteiger partial charge in [-0.25, -0.2) is 9.18 Å². The fourth-order valence-corrected chi connectivity index (χ4v) is 1.48. The Kier molecular flexibility index (Phi) is 4.37. The lowest BCUT2D eigenvalue weighted by atomic mass is 10.1. The van der Waals surface area contributed by atoms with E-state index in [0.29, 0.717) is 5.56 Å². The van der Waals surface area contributed by atoms with Crippen molar-refractivity contribution in [1.29, 1.82) is 0 Å². The van der Waals surface area contributed by atoms with Crippen LogP contribution >= 0.6 is 8.46 Å². The number of hydrogen-bond donors (Lipinski definition) is 0. The molecule has 3 nitrogen and oxygen atoms in total. The lowest BCUT2D eigenvalue weighted by Gasteiger charge is -2.03. The summed E-state index contributed by atoms with van der Waals surface area (Å²) < 4.78 is 28.3. The summed E-state index contributed by atoms with van der Waals surface area (Å²) in [5.74, 6) is -1.09. The van der Waals surface area contributed by atoms with Gasteiger partial charge < -0.3 is 4.74 Å². The molecular weight excluding hydrogens is 218 g/mol. The van der Waals surface area contributed by atoms with Crippen LogP contribution in [-0.4, -0.2) is 12.6 Å². The molecule has 1 rings (SSSR count). The summed E-state index contributed by atoms with van der Waals surface area (Å²) in [5.41, 5.74) is 0.486. The molecule has 5 heteroatoms. The van der Waals surface area contributed by atoms with Crippen molar-refractivity contribution in [2.45, 2.75) is 13.1 Å². The SMILES string of the molecule is CCOC(=O)c1ccc(CP=O)c(F)c1. The average Bonchev–Trinajstić information content (AvgIpc) is 2.21. The van der Waals surface area contributed by atoms with Crippen molar-refractivity contribution < 1.29 is 18.5 Å². The summed E-state index contributed by atoms with van der Waals surface area (Å²) in [5, 5.41) is 0. The third-order valence-electron chi connectivity index (χ3n) is 1.80. The predicted octanol–water partition coefficient (Wildman–Crippen LogP) is 2.79. The van der Waals surface area contributed by atoms with Gasteiger partial charge in [0.15, 0.2) is 8.46 Å². The van der Waals surface area contributed by atoms with Gasteiger partial charge in [-0.15, -0.1) is 0 Å². The van der Waals surface area contributed by atoms with Crippen LogP contribution in [0.25, 0.3) is 0 Å². The number of esters is 1. The first-order valence-corrected chi connectivity index (χ1v) is 5.43. The second kappa shape index (κ2) is 5.56. The van der Waals surface area contributed by atoms with Gasteiger partial charge in [0.05, 0.1) is 18.3 Å². The number of carbonyl (C=O) groups excluding carboxylic acids is 1. The van der Waals surface area contributed by atoms with Gasteiger partial charge in [0.1, 0.15) is 5.82 Å². The van der Waals surface area contributed by atoms with E-state index in [2.05, 4.69) is 0 Å². The Labute approximate surface area is 88.5 Å². The molecule has 0 N–H and O–H groups in total. The van der Waals surface area contributed by atoms with Crippen molar-refractivity contribution in [3.8, 4) is 0 Å². The monoisotopic (exact) mass is 228 g/mol. The molecule has 0 aliphatic rings. The molecule has 0 aliphatic heterocycles. The Balaban J connectivity index is 2.90. The molecule has 0 atom stereocenters. The topological polar surface area (TPSA) is 43.4 Å². The van der Waals surface area contributed by atoms with E-state index in [1.165, 1.54) is 12.1 Å². The summed E-state index contributed by atoms with van der Waals surface area (Å²) in [7, 11) is -0.148. The Morgan fingerprint density at radius 1 is 1.53 bits per heavy atom. The van der Waals surface area contributed by atoms with Crippen LogP contribution in [0.15, 0.2) is 18.2 Å². The number of halogens is 1. The highest BCUT2D eigenvalue weighted by atomic mass is 31.1. The smallest absolute Gasteiger partial charge is 0.338 e. The van der Waals surface area contributed by atoms with E-state index in [4.69, 9.17) is 4.74 Å². The van der Waals surface area contributed by atoms with Gasteiger partial charge in [0.2, 0.25) is 0 Å². The standard InChI is InChI=1S/C10H10FO3P/c1-2-14-10(12)7-3-4-8(6-15-13)9(11)5-7/h3-5H,2,6H2,1H3. The Hall–Kier alpha value is -1.28. The van der Waals surface area contributed by atoms with Crippen LogP contribution in [0.1, 0.15) is 22.8 Å². The van der Waals surface area contributed by atoms with Crippen molar-refractivity contribution >= 4 is 14.4 Å². The van der Waals surface area contributed by atoms with Crippen LogP contribution in [0.2, 0.25) is 0 Å². The van der Waals surface area contributed by atoms with Gasteiger partial charge in [-0.1, -0.05) is 6.07 Å². The summed E-state index contributed by atoms with van der Waals surface area (Å²) >= 11 is 0. The largest absolute Gasteiger partial charge is 0.462 e. The van der Waals surface area contributed by atoms with E-state index in [-0.39, 0.29) is 26.8 Å². The molecule has 0 saturated heterocycles. The highest BCUT2D eigenvalue weighted by Crippen LogP contribution is 2.16. The maximum atomic E-state index is 13.3. The van der Waals surface area contributed by atoms with Crippen LogP contribution in [0, 0.1) is 5.82 Å². The number of ether oxygens (including phenoxy) is 1. The van der Waals surface area contributed by atoms with E-state index in [9.17, 15) is 13.8 Å². The van der Waals surface area contributed by atoms with Gasteiger partial charge in [-0.2, -0.15) is 0 Å². The zero-order chi connectivity index (χ0) is 11.3. The molecule has 80 valence electrons. The first kappa shape index (κ1) is 11.8. The second-order valence-electron chi connectivity index (χ2n) is 2.81. The minimum absolute atomic E-state index is 0.106. The van der Waals surface area contributed by atoms with E-state index < -0.39 is 11.8 Å². The molecular formula is C10H10FO3P. The van der Waals surface area contributed by atoms with Crippen molar-refractivity contribution in [1.82, 2.24) is 0 Å². The molecule has 0 saturated carbocycles. The molecule has 0 aromatic heterocycles. The molecule has 0 heterocycles. The summed E-state index contributed by atoms with van der Waals surface area (Å²) in [4.78, 5) is 11.2. The summed E-state index contributed by atoms with van der Waals surface area (Å²) in [6, 6.07) is 3.99. The van der Waals surface area contributed by atoms with Crippen LogP contribution < -0.4 is 0 Å². The van der Waals surface area contributed by atoms with Gasteiger partial charge >= 0.3 is 5.97 Å². The van der Waals surface area contributed by atoms with Crippen molar-refractivity contribution in [3.63, 3.8) is 0 Å². The minimum Gasteiger partial charge on any atom is -0.462 e. The lowest BCUT2D eigenvalue weighted by Crippen LogP contribution is -2.05. The molecule has 0 radical (unpaired) electrons. The quantitative estimate of drug-likeness (QED) is 0.587. The van der Waals surface area contributed by atoms with Crippen molar-refractivity contribution in [3.05, 3.63) is 35.1 Å². The van der Waals surface area contributed by atoms with Crippen molar-refractivity contribution in [2.75, 3.05) is 6.61 Å². The number of carbonyl (C=O) groups is 1. The second-order valence-corrected chi connectivity index (χ2v) is 3.39. The third kappa shape index (κ3) is 3.10. The Bertz CT molecular complexity index is 379. The van der Waals surface area contributed by atoms with Crippen molar-refractivity contribution in [2.24, 2.45) is 0 Å². The molecule has 0 spiro atoms. The molecule has 0 bridgehead atoms. The highest BCUT2D eigenvalue weighted by Gasteiger charge is 2.10. The van der Waals surface area contributed by atoms with Crippen LogP contribution in [0.3, 0.4) is 0 Å². The van der Waals surface area contributed by atoms with Crippen LogP contribution in [0.5, 0.6) is 0 Å². The molecule has 0 unspecified atom stereocenters. The Morgan fingerprint density at radius 2 is 2.27 bits per heavy atom. The number of rotatable bonds is 4. The molecule has 1 aromatic rings. The average molecular weight is 228 g/mol. The van der Waals surface area contributed by atoms with E-state index in [1.807, 2.05) is 0 Å². The fraction of sp³-hybridized carbons (Fsp3) is 0.300. The third-order valence-corrected chi connectivity index (χ3v) is 2.27. The predicted molar refractivity (Wildman–Crippen MR) is 53.7 cm³/mol. The maximum Gasteiger partial charge on any atom is 0.338 e. The van der Waals surface area contributed by atoms with E-state index >= 15 is 0 Å². The normalized spacial score (nSPS) is 10.3. The van der Waals surface area contributed by atoms with Gasteiger partial charge in [0.25, 0.3) is 0 Å². The molecule has 0 aliphatic carbocycles. The Morgan fingerprint density at radius 3 is 2.80 bits per heavy atom. The van der Waals surface area contributed by atoms with E-state index in [0.717, 1.165) is 6.07 Å². The molecule has 1 aromatic carbocycles. The van der Waals surface area contributed by atoms with Crippen LogP contribution in [0.4, 0.5) is 4.39 Å². The first-order chi connectivity index (χ1) is 7.19. The lowest BCUT2D eigenvalue weighted by molar-refractivity contribution is 0.0526. The highest BCUT2D eigenvalue weighted by molar-refractivity contribution is 7.22. The number of hydrogen-bond acceptors (Lipinski definition) is 3. The van der Waals surface area contributed by atoms with Gasteiger partial charge in [-0.3, -0.25) is 4.57 Å². The molecule has 0 fully saturated rings. The van der Waals surface area contributed by atoms with Crippen LogP contribution in [-0.2, 0) is 15.5 Å². The summed E-state index contributed by atoms with van der Waals surface area (Å²) in [6.45, 7) is 1.93. The molecule has 0 amide bonds. The zero-order valence-electron chi connectivity index (χ0n) is 8.20. The first-order valence-electron chi connectivity index (χ1n) is 4.43. The van der Waals surface area contributed by atoms with Gasteiger partial charge in [-0.05, 0) is 24.6 Å². The minimum atomic E-state index is -0.553. The molecule has 15 heavy (non-hydrogen) atoms. The van der Waals surface area contributed by atoms with Gasteiger partial charge in [0, 0.05) is 0 Å². The zero-order valence-corrected chi connectivity index (χ0v) is 9.09. The fourth-order valence-electron chi connectivity index (χ4n) is 1.09. The number of benzene rings is 1. The summed E-state index contributed by atoms with van der Waals surface area (Å²) in [6.07, 6.45) is 0.106. The maximum absolute atomic E-state index is 13.3. The van der Waals surface area contributed by atoms with E-state index in [1.54, 1.807) is 6.92 Å².